The van der Waals surface area contributed by atoms with Crippen molar-refractivity contribution in [2.24, 2.45) is 5.92 Å². The number of ketones is 1. The molecule has 1 aliphatic carbocycles. The summed E-state index contributed by atoms with van der Waals surface area (Å²) in [6.07, 6.45) is 3.18. The molecule has 1 aliphatic rings. The Hall–Kier alpha value is -1.99. The van der Waals surface area contributed by atoms with Gasteiger partial charge in [0.15, 0.2) is 5.78 Å². The molecule has 3 rings (SSSR count). The number of hydrogen-bond acceptors (Lipinski definition) is 5. The van der Waals surface area contributed by atoms with E-state index < -0.39 is 5.91 Å². The van der Waals surface area contributed by atoms with Crippen LogP contribution in [-0.2, 0) is 12.8 Å². The number of fused-ring (bicyclic) bond motifs is 1. The molecular weight excluding hydrogens is 344 g/mol. The van der Waals surface area contributed by atoms with Gasteiger partial charge in [0.25, 0.3) is 11.8 Å². The first-order valence-corrected chi connectivity index (χ1v) is 9.40. The van der Waals surface area contributed by atoms with E-state index in [0.717, 1.165) is 30.6 Å². The molecule has 1 atom stereocenters. The van der Waals surface area contributed by atoms with Gasteiger partial charge in [0.1, 0.15) is 0 Å². The summed E-state index contributed by atoms with van der Waals surface area (Å²) in [5, 5.41) is 0. The van der Waals surface area contributed by atoms with E-state index in [1.54, 1.807) is 12.1 Å². The smallest absolute Gasteiger partial charge is 0.279 e. The van der Waals surface area contributed by atoms with Gasteiger partial charge in [-0.15, -0.1) is 22.7 Å². The molecule has 2 N–H and O–H groups in total. The summed E-state index contributed by atoms with van der Waals surface area (Å²) in [6.45, 7) is 3.67. The summed E-state index contributed by atoms with van der Waals surface area (Å²) in [5.74, 6) is -0.159. The Morgan fingerprint density at radius 1 is 1.04 bits per heavy atom. The number of hydrazine groups is 1. The monoisotopic (exact) mass is 362 g/mol. The van der Waals surface area contributed by atoms with Crippen molar-refractivity contribution < 1.29 is 14.4 Å². The number of nitrogens with one attached hydrogen (secondary N) is 2. The van der Waals surface area contributed by atoms with Crippen LogP contribution in [0.3, 0.4) is 0 Å². The Morgan fingerprint density at radius 3 is 2.38 bits per heavy atom. The number of amides is 2. The van der Waals surface area contributed by atoms with E-state index in [9.17, 15) is 14.4 Å². The predicted molar refractivity (Wildman–Crippen MR) is 94.8 cm³/mol. The van der Waals surface area contributed by atoms with Crippen LogP contribution in [0.25, 0.3) is 0 Å². The van der Waals surface area contributed by atoms with Crippen molar-refractivity contribution >= 4 is 40.3 Å². The molecule has 24 heavy (non-hydrogen) atoms. The van der Waals surface area contributed by atoms with Crippen molar-refractivity contribution in [2.75, 3.05) is 0 Å². The van der Waals surface area contributed by atoms with E-state index in [4.69, 9.17) is 0 Å². The van der Waals surface area contributed by atoms with Crippen LogP contribution in [0.5, 0.6) is 0 Å². The normalized spacial score (nSPS) is 16.3. The molecule has 0 saturated heterocycles. The van der Waals surface area contributed by atoms with Gasteiger partial charge in [-0.1, -0.05) is 6.92 Å². The molecule has 7 heteroatoms. The maximum absolute atomic E-state index is 12.2. The third-order valence-electron chi connectivity index (χ3n) is 4.02. The molecule has 0 radical (unpaired) electrons. The number of carbonyl (C=O) groups is 3. The zero-order valence-electron chi connectivity index (χ0n) is 13.5. The minimum absolute atomic E-state index is 0.0820. The summed E-state index contributed by atoms with van der Waals surface area (Å²) in [5.41, 5.74) is 6.11. The summed E-state index contributed by atoms with van der Waals surface area (Å²) < 4.78 is 0. The standard InChI is InChI=1S/C17H18N2O3S2/c1-9-3-4-13-11(7-9)8-15(24-13)17(22)19-18-16(21)14-6-5-12(23-14)10(2)20/h5-6,8-9H,3-4,7H2,1-2H3,(H,18,21)(H,19,22)/t9-/m0/s1. The molecular formula is C17H18N2O3S2. The number of hydrogen-bond donors (Lipinski definition) is 2. The second kappa shape index (κ2) is 6.86. The fraction of sp³-hybridized carbons (Fsp3) is 0.353. The topological polar surface area (TPSA) is 75.3 Å². The Bertz CT molecular complexity index is 807. The van der Waals surface area contributed by atoms with Gasteiger partial charge in [-0.25, -0.2) is 0 Å². The van der Waals surface area contributed by atoms with Crippen molar-refractivity contribution in [3.05, 3.63) is 43.3 Å². The molecule has 0 bridgehead atoms. The Labute approximate surface area is 148 Å². The van der Waals surface area contributed by atoms with E-state index >= 15 is 0 Å². The second-order valence-corrected chi connectivity index (χ2v) is 8.26. The number of rotatable bonds is 3. The van der Waals surface area contributed by atoms with Gasteiger partial charge >= 0.3 is 0 Å². The van der Waals surface area contributed by atoms with Crippen LogP contribution in [0.4, 0.5) is 0 Å². The van der Waals surface area contributed by atoms with Crippen LogP contribution >= 0.6 is 22.7 Å². The first-order valence-electron chi connectivity index (χ1n) is 7.77. The summed E-state index contributed by atoms with van der Waals surface area (Å²) in [4.78, 5) is 38.3. The van der Waals surface area contributed by atoms with Gasteiger partial charge in [0, 0.05) is 4.88 Å². The zero-order chi connectivity index (χ0) is 17.3. The minimum atomic E-state index is -0.421. The van der Waals surface area contributed by atoms with Crippen molar-refractivity contribution in [2.45, 2.75) is 33.1 Å². The van der Waals surface area contributed by atoms with Gasteiger partial charge in [-0.3, -0.25) is 25.2 Å². The van der Waals surface area contributed by atoms with E-state index in [1.165, 1.54) is 28.7 Å². The highest BCUT2D eigenvalue weighted by molar-refractivity contribution is 7.16. The molecule has 0 spiro atoms. The van der Waals surface area contributed by atoms with Crippen LogP contribution in [0.2, 0.25) is 0 Å². The maximum atomic E-state index is 12.2. The lowest BCUT2D eigenvalue weighted by molar-refractivity contribution is 0.0851. The molecule has 2 aromatic rings. The molecule has 0 aromatic carbocycles. The van der Waals surface area contributed by atoms with Crippen LogP contribution < -0.4 is 10.9 Å². The minimum Gasteiger partial charge on any atom is -0.294 e. The Kier molecular flexibility index (Phi) is 4.82. The number of thiophene rings is 2. The van der Waals surface area contributed by atoms with Gasteiger partial charge in [-0.05, 0) is 55.9 Å². The molecule has 0 unspecified atom stereocenters. The first kappa shape index (κ1) is 16.9. The van der Waals surface area contributed by atoms with Crippen LogP contribution in [0.15, 0.2) is 18.2 Å². The number of Topliss-reactive ketones (excluding diaryl/α,β-unsaturated/α-hetero) is 1. The SMILES string of the molecule is CC(=O)c1ccc(C(=O)NNC(=O)c2cc3c(s2)CC[C@H](C)C3)s1. The van der Waals surface area contributed by atoms with Gasteiger partial charge < -0.3 is 0 Å². The van der Waals surface area contributed by atoms with Gasteiger partial charge in [-0.2, -0.15) is 0 Å². The van der Waals surface area contributed by atoms with Crippen LogP contribution in [-0.4, -0.2) is 17.6 Å². The average molecular weight is 362 g/mol. The molecule has 2 heterocycles. The second-order valence-electron chi connectivity index (χ2n) is 6.04. The van der Waals surface area contributed by atoms with Gasteiger partial charge in [0.05, 0.1) is 14.6 Å². The molecule has 2 aromatic heterocycles. The lowest BCUT2D eigenvalue weighted by Gasteiger charge is -2.16. The number of carbonyl (C=O) groups excluding carboxylic acids is 3. The summed E-state index contributed by atoms with van der Waals surface area (Å²) >= 11 is 2.60. The highest BCUT2D eigenvalue weighted by Crippen LogP contribution is 2.32. The third-order valence-corrected chi connectivity index (χ3v) is 6.44. The van der Waals surface area contributed by atoms with E-state index in [-0.39, 0.29) is 11.7 Å². The van der Waals surface area contributed by atoms with Crippen LogP contribution in [0, 0.1) is 5.92 Å². The largest absolute Gasteiger partial charge is 0.294 e. The molecule has 0 fully saturated rings. The van der Waals surface area contributed by atoms with Crippen molar-refractivity contribution in [3.63, 3.8) is 0 Å². The molecule has 126 valence electrons. The molecule has 2 amide bonds. The first-order chi connectivity index (χ1) is 11.4. The Morgan fingerprint density at radius 2 is 1.71 bits per heavy atom. The third kappa shape index (κ3) is 3.57. The molecule has 0 aliphatic heterocycles. The molecule has 0 saturated carbocycles. The number of aryl methyl sites for hydroxylation is 1. The van der Waals surface area contributed by atoms with Crippen molar-refractivity contribution in [1.82, 2.24) is 10.9 Å². The van der Waals surface area contributed by atoms with E-state index in [1.807, 2.05) is 6.07 Å². The highest BCUT2D eigenvalue weighted by Gasteiger charge is 2.21. The van der Waals surface area contributed by atoms with E-state index in [0.29, 0.717) is 20.5 Å². The average Bonchev–Trinajstić information content (AvgIpc) is 3.18. The van der Waals surface area contributed by atoms with Crippen molar-refractivity contribution in [1.29, 1.82) is 0 Å². The van der Waals surface area contributed by atoms with Gasteiger partial charge in [0.2, 0.25) is 0 Å². The van der Waals surface area contributed by atoms with Crippen LogP contribution in [0.1, 0.15) is 59.7 Å². The van der Waals surface area contributed by atoms with Crippen molar-refractivity contribution in [3.8, 4) is 0 Å². The summed E-state index contributed by atoms with van der Waals surface area (Å²) in [7, 11) is 0. The Balaban J connectivity index is 1.61. The molecule has 5 nitrogen and oxygen atoms in total. The highest BCUT2D eigenvalue weighted by atomic mass is 32.1. The maximum Gasteiger partial charge on any atom is 0.279 e. The quantitative estimate of drug-likeness (QED) is 0.650. The fourth-order valence-electron chi connectivity index (χ4n) is 2.70. The predicted octanol–water partition coefficient (Wildman–Crippen LogP) is 3.21. The van der Waals surface area contributed by atoms with E-state index in [2.05, 4.69) is 17.8 Å². The lowest BCUT2D eigenvalue weighted by atomic mass is 9.90. The summed E-state index contributed by atoms with van der Waals surface area (Å²) in [6, 6.07) is 5.11. The lowest BCUT2D eigenvalue weighted by Crippen LogP contribution is -2.41. The zero-order valence-corrected chi connectivity index (χ0v) is 15.1. The fourth-order valence-corrected chi connectivity index (χ4v) is 4.60.